The van der Waals surface area contributed by atoms with E-state index in [0.717, 1.165) is 19.3 Å². The van der Waals surface area contributed by atoms with Crippen LogP contribution < -0.4 is 0 Å². The van der Waals surface area contributed by atoms with Crippen LogP contribution in [0.4, 0.5) is 0 Å². The number of rotatable bonds is 23. The fourth-order valence-corrected chi connectivity index (χ4v) is 7.45. The van der Waals surface area contributed by atoms with E-state index < -0.39 is 173 Å². The average Bonchev–Trinajstić information content (AvgIpc) is 3.52. The van der Waals surface area contributed by atoms with Crippen molar-refractivity contribution in [3.63, 3.8) is 0 Å². The molecule has 0 radical (unpaired) electrons. The monoisotopic (exact) mass is 908 g/mol. The third kappa shape index (κ3) is 10.6. The van der Waals surface area contributed by atoms with Crippen LogP contribution in [-0.2, 0) is 52.3 Å². The molecule has 15 N–H and O–H groups in total. The maximum absolute atomic E-state index is 14.9. The molecule has 0 aromatic carbocycles. The molecule has 0 bridgehead atoms. The summed E-state index contributed by atoms with van der Waals surface area (Å²) >= 11 is 0. The minimum atomic E-state index is -4.15. The van der Waals surface area contributed by atoms with Gasteiger partial charge < -0.3 is 105 Å². The Morgan fingerprint density at radius 3 is 1.79 bits per heavy atom. The van der Waals surface area contributed by atoms with Gasteiger partial charge in [-0.1, -0.05) is 51.9 Å². The Hall–Kier alpha value is -2.84. The quantitative estimate of drug-likeness (QED) is 0.0196. The molecule has 3 fully saturated rings. The summed E-state index contributed by atoms with van der Waals surface area (Å²) in [5.41, 5.74) is -7.73. The second-order valence-electron chi connectivity index (χ2n) is 15.2. The first-order valence-electron chi connectivity index (χ1n) is 19.9. The molecular formula is C36H60O26. The van der Waals surface area contributed by atoms with Crippen LogP contribution in [0.5, 0.6) is 0 Å². The summed E-state index contributed by atoms with van der Waals surface area (Å²) in [6, 6.07) is 0. The van der Waals surface area contributed by atoms with Crippen molar-refractivity contribution in [1.29, 1.82) is 0 Å². The van der Waals surface area contributed by atoms with Crippen molar-refractivity contribution in [2.75, 3.05) is 46.2 Å². The average molecular weight is 909 g/mol. The van der Waals surface area contributed by atoms with Crippen molar-refractivity contribution >= 4 is 23.9 Å². The highest BCUT2D eigenvalue weighted by Gasteiger charge is 2.71. The molecule has 62 heavy (non-hydrogen) atoms. The Kier molecular flexibility index (Phi) is 19.7. The van der Waals surface area contributed by atoms with Gasteiger partial charge in [0, 0.05) is 0 Å². The van der Waals surface area contributed by atoms with Crippen LogP contribution in [-0.4, -0.2) is 237 Å². The van der Waals surface area contributed by atoms with Gasteiger partial charge >= 0.3 is 29.9 Å². The van der Waals surface area contributed by atoms with Crippen LogP contribution in [0.2, 0.25) is 0 Å². The zero-order valence-corrected chi connectivity index (χ0v) is 33.7. The van der Waals surface area contributed by atoms with Gasteiger partial charge in [0.2, 0.25) is 23.6 Å². The molecule has 3 heterocycles. The third-order valence-corrected chi connectivity index (χ3v) is 11.1. The number of aliphatic hydroxyl groups is 15. The fraction of sp³-hybridized carbons (Fsp3) is 0.889. The van der Waals surface area contributed by atoms with Gasteiger partial charge in [-0.05, 0) is 6.42 Å². The van der Waals surface area contributed by atoms with Gasteiger partial charge in [-0.3, -0.25) is 4.74 Å². The van der Waals surface area contributed by atoms with E-state index in [1.165, 1.54) is 0 Å². The maximum Gasteiger partial charge on any atom is 0.362 e. The van der Waals surface area contributed by atoms with Crippen LogP contribution in [0.1, 0.15) is 58.3 Å². The predicted octanol–water partition coefficient (Wildman–Crippen LogP) is -8.23. The molecular weight excluding hydrogens is 848 g/mol. The largest absolute Gasteiger partial charge is 0.445 e. The van der Waals surface area contributed by atoms with E-state index in [4.69, 9.17) is 33.2 Å². The lowest BCUT2D eigenvalue weighted by Gasteiger charge is -2.51. The van der Waals surface area contributed by atoms with E-state index in [1.807, 2.05) is 6.92 Å². The summed E-state index contributed by atoms with van der Waals surface area (Å²) < 4.78 is 36.8. The molecule has 26 heteroatoms. The first kappa shape index (κ1) is 53.5. The van der Waals surface area contributed by atoms with E-state index >= 15 is 0 Å². The summed E-state index contributed by atoms with van der Waals surface area (Å²) in [5.74, 6) is -17.8. The molecule has 0 aromatic heterocycles. The molecule has 0 aliphatic carbocycles. The van der Waals surface area contributed by atoms with Crippen LogP contribution in [0, 0.1) is 5.92 Å². The fourth-order valence-electron chi connectivity index (χ4n) is 7.45. The number of cyclic esters (lactones) is 3. The zero-order chi connectivity index (χ0) is 46.8. The van der Waals surface area contributed by atoms with Crippen molar-refractivity contribution in [2.45, 2.75) is 148 Å². The van der Waals surface area contributed by atoms with Gasteiger partial charge in [0.25, 0.3) is 0 Å². The highest BCUT2D eigenvalue weighted by atomic mass is 16.9. The second kappa shape index (κ2) is 22.9. The summed E-state index contributed by atoms with van der Waals surface area (Å²) in [7, 11) is 0. The molecule has 3 saturated heterocycles. The van der Waals surface area contributed by atoms with Crippen LogP contribution >= 0.6 is 0 Å². The van der Waals surface area contributed by atoms with E-state index in [0.29, 0.717) is 12.8 Å². The van der Waals surface area contributed by atoms with Crippen molar-refractivity contribution in [3.05, 3.63) is 0 Å². The van der Waals surface area contributed by atoms with Crippen LogP contribution in [0.3, 0.4) is 0 Å². The Bertz CT molecular complexity index is 1470. The number of hydrogen-bond donors (Lipinski definition) is 15. The zero-order valence-electron chi connectivity index (χ0n) is 33.7. The minimum Gasteiger partial charge on any atom is -0.445 e. The van der Waals surface area contributed by atoms with E-state index in [-0.39, 0.29) is 12.8 Å². The van der Waals surface area contributed by atoms with Gasteiger partial charge in [-0.15, -0.1) is 0 Å². The number of unbranched alkanes of at least 4 members (excludes halogenated alkanes) is 6. The number of esters is 4. The van der Waals surface area contributed by atoms with Crippen molar-refractivity contribution in [2.24, 2.45) is 5.92 Å². The highest BCUT2D eigenvalue weighted by molar-refractivity contribution is 5.92. The standard InChI is InChI=1S/C36H60O26/c1-2-3-4-5-6-7-8-9-22(33(15-42)31(53)57-20(13-40)29(51)56-21(14-41)30(52)60-33)35(55,26(48)17(44)10-37)32(54)61-36(28(50)25(47)23(45)18(11-38)59-36)62-34(16-43)27(49)24(46)19(12-39)58-34/h17-28,37-50,55H,2-16H2,1H3/t17?,18-,19-,20?,21?,22?,23-,24-,25+,26?,27+,28-,33?,34?,35?,36+/m1/s1. The van der Waals surface area contributed by atoms with E-state index in [2.05, 4.69) is 0 Å². The topological polar surface area (TPSA) is 436 Å². The minimum absolute atomic E-state index is 0.161. The molecule has 360 valence electrons. The van der Waals surface area contributed by atoms with Crippen molar-refractivity contribution in [3.8, 4) is 0 Å². The second-order valence-corrected chi connectivity index (χ2v) is 15.2. The van der Waals surface area contributed by atoms with Gasteiger partial charge in [-0.25, -0.2) is 19.2 Å². The Morgan fingerprint density at radius 2 is 1.27 bits per heavy atom. The molecule has 3 aliphatic heterocycles. The summed E-state index contributed by atoms with van der Waals surface area (Å²) in [6.45, 7) is -8.18. The first-order chi connectivity index (χ1) is 29.2. The van der Waals surface area contributed by atoms with Gasteiger partial charge in [-0.2, -0.15) is 0 Å². The predicted molar refractivity (Wildman–Crippen MR) is 194 cm³/mol. The summed E-state index contributed by atoms with van der Waals surface area (Å²) in [6.07, 6.45) is -24.5. The molecule has 3 rings (SSSR count). The van der Waals surface area contributed by atoms with E-state index in [1.54, 1.807) is 0 Å². The van der Waals surface area contributed by atoms with Crippen molar-refractivity contribution < 1.29 is 129 Å². The number of hydrogen-bond acceptors (Lipinski definition) is 26. The number of carbonyl (C=O) groups excluding carboxylic acids is 4. The normalized spacial score (nSPS) is 36.8. The van der Waals surface area contributed by atoms with Gasteiger partial charge in [0.15, 0.2) is 11.7 Å². The van der Waals surface area contributed by atoms with Crippen LogP contribution in [0.25, 0.3) is 0 Å². The number of ether oxygens (including phenoxy) is 7. The van der Waals surface area contributed by atoms with Crippen LogP contribution in [0.15, 0.2) is 0 Å². The molecule has 8 unspecified atom stereocenters. The lowest BCUT2D eigenvalue weighted by molar-refractivity contribution is -0.500. The van der Waals surface area contributed by atoms with Gasteiger partial charge in [0.1, 0.15) is 55.4 Å². The molecule has 16 atom stereocenters. The molecule has 0 spiro atoms. The smallest absolute Gasteiger partial charge is 0.362 e. The Morgan fingerprint density at radius 1 is 0.710 bits per heavy atom. The molecule has 0 amide bonds. The molecule has 3 aliphatic rings. The lowest BCUT2D eigenvalue weighted by atomic mass is 9.68. The van der Waals surface area contributed by atoms with E-state index in [9.17, 15) is 95.8 Å². The molecule has 0 aromatic rings. The Labute approximate surface area is 353 Å². The number of aliphatic hydroxyl groups excluding tert-OH is 14. The lowest BCUT2D eigenvalue weighted by Crippen LogP contribution is -2.74. The highest BCUT2D eigenvalue weighted by Crippen LogP contribution is 2.46. The van der Waals surface area contributed by atoms with Gasteiger partial charge in [0.05, 0.1) is 45.6 Å². The third-order valence-electron chi connectivity index (χ3n) is 11.1. The van der Waals surface area contributed by atoms with Crippen molar-refractivity contribution in [1.82, 2.24) is 0 Å². The summed E-state index contributed by atoms with van der Waals surface area (Å²) in [5, 5.41) is 161. The molecule has 26 nitrogen and oxygen atoms in total. The number of carbonyl (C=O) groups is 4. The summed E-state index contributed by atoms with van der Waals surface area (Å²) in [4.78, 5) is 55.4. The SMILES string of the molecule is CCCCCCCCCC(C1(CO)OC(=O)C(CO)OC(=O)C(CO)OC1=O)C(O)(C(=O)O[C@@]1(OC2(CO)O[C@H](CO)[C@@H](O)[C@@H]2O)O[C@H](CO)[C@@H](O)[C@H](O)[C@H]1O)C(O)C(O)CO. The molecule has 0 saturated carbocycles. The first-order valence-corrected chi connectivity index (χ1v) is 19.9. The maximum atomic E-state index is 14.9. The Balaban J connectivity index is 2.39.